The molecule has 144 valence electrons. The van der Waals surface area contributed by atoms with Crippen molar-refractivity contribution < 1.29 is 23.7 Å². The monoisotopic (exact) mass is 410 g/mol. The second kappa shape index (κ2) is 10.7. The molecule has 0 aliphatic carbocycles. The van der Waals surface area contributed by atoms with Gasteiger partial charge in [-0.1, -0.05) is 35.3 Å². The Labute approximate surface area is 168 Å². The molecule has 0 bridgehead atoms. The highest BCUT2D eigenvalue weighted by molar-refractivity contribution is 6.32. The van der Waals surface area contributed by atoms with E-state index in [1.165, 1.54) is 13.2 Å². The zero-order valence-electron chi connectivity index (χ0n) is 15.0. The van der Waals surface area contributed by atoms with Crippen LogP contribution in [-0.4, -0.2) is 32.9 Å². The molecule has 0 saturated heterocycles. The van der Waals surface area contributed by atoms with Crippen LogP contribution in [0.1, 0.15) is 12.5 Å². The average molecular weight is 411 g/mol. The van der Waals surface area contributed by atoms with Gasteiger partial charge in [-0.05, 0) is 42.8 Å². The molecular weight excluding hydrogens is 391 g/mol. The average Bonchev–Trinajstić information content (AvgIpc) is 2.65. The van der Waals surface area contributed by atoms with Crippen molar-refractivity contribution in [2.75, 3.05) is 26.9 Å². The van der Waals surface area contributed by atoms with Gasteiger partial charge in [-0.2, -0.15) is 0 Å². The fourth-order valence-corrected chi connectivity index (χ4v) is 2.70. The van der Waals surface area contributed by atoms with Crippen molar-refractivity contribution in [1.29, 1.82) is 0 Å². The molecule has 0 fully saturated rings. The number of hydrogen-bond acceptors (Lipinski definition) is 5. The largest absolute Gasteiger partial charge is 0.491 e. The van der Waals surface area contributed by atoms with Crippen molar-refractivity contribution in [2.24, 2.45) is 0 Å². The Balaban J connectivity index is 1.88. The number of methoxy groups -OCH3 is 1. The summed E-state index contributed by atoms with van der Waals surface area (Å²) in [6, 6.07) is 10.5. The van der Waals surface area contributed by atoms with E-state index in [2.05, 4.69) is 0 Å². The van der Waals surface area contributed by atoms with E-state index < -0.39 is 5.97 Å². The predicted octanol–water partition coefficient (Wildman–Crippen LogP) is 5.04. The molecule has 0 amide bonds. The van der Waals surface area contributed by atoms with Crippen LogP contribution < -0.4 is 14.2 Å². The molecule has 5 nitrogen and oxygen atoms in total. The second-order valence-electron chi connectivity index (χ2n) is 5.25. The highest BCUT2D eigenvalue weighted by Crippen LogP contribution is 2.36. The van der Waals surface area contributed by atoms with Crippen molar-refractivity contribution in [2.45, 2.75) is 6.92 Å². The molecule has 0 saturated carbocycles. The number of esters is 1. The van der Waals surface area contributed by atoms with E-state index in [0.717, 1.165) is 0 Å². The lowest BCUT2D eigenvalue weighted by Crippen LogP contribution is -2.10. The van der Waals surface area contributed by atoms with E-state index in [4.69, 9.17) is 42.1 Å². The van der Waals surface area contributed by atoms with Gasteiger partial charge < -0.3 is 18.9 Å². The van der Waals surface area contributed by atoms with Gasteiger partial charge >= 0.3 is 5.97 Å². The minimum Gasteiger partial charge on any atom is -0.491 e. The Bertz CT molecular complexity index is 805. The first-order valence-electron chi connectivity index (χ1n) is 8.27. The second-order valence-corrected chi connectivity index (χ2v) is 6.06. The van der Waals surface area contributed by atoms with Crippen LogP contribution in [0.3, 0.4) is 0 Å². The summed E-state index contributed by atoms with van der Waals surface area (Å²) >= 11 is 12.2. The van der Waals surface area contributed by atoms with Crippen LogP contribution >= 0.6 is 23.2 Å². The summed E-state index contributed by atoms with van der Waals surface area (Å²) in [7, 11) is 1.52. The quantitative estimate of drug-likeness (QED) is 0.329. The van der Waals surface area contributed by atoms with Gasteiger partial charge in [0.25, 0.3) is 0 Å². The topological polar surface area (TPSA) is 54.0 Å². The summed E-state index contributed by atoms with van der Waals surface area (Å²) in [4.78, 5) is 11.8. The number of halogens is 2. The lowest BCUT2D eigenvalue weighted by Gasteiger charge is -2.11. The summed E-state index contributed by atoms with van der Waals surface area (Å²) in [6.07, 6.45) is 2.90. The maximum absolute atomic E-state index is 11.8. The zero-order chi connectivity index (χ0) is 19.6. The van der Waals surface area contributed by atoms with E-state index in [1.54, 1.807) is 30.3 Å². The van der Waals surface area contributed by atoms with Gasteiger partial charge in [0.1, 0.15) is 19.0 Å². The molecule has 0 unspecified atom stereocenters. The molecule has 7 heteroatoms. The van der Waals surface area contributed by atoms with Gasteiger partial charge in [0.05, 0.1) is 23.8 Å². The number of ether oxygens (including phenoxy) is 4. The van der Waals surface area contributed by atoms with E-state index in [9.17, 15) is 4.79 Å². The molecule has 2 rings (SSSR count). The molecule has 0 atom stereocenters. The fourth-order valence-electron chi connectivity index (χ4n) is 2.21. The van der Waals surface area contributed by atoms with Crippen LogP contribution in [0, 0.1) is 0 Å². The Hall–Kier alpha value is -2.37. The van der Waals surface area contributed by atoms with Crippen LogP contribution in [0.2, 0.25) is 10.0 Å². The minimum absolute atomic E-state index is 0.0992. The van der Waals surface area contributed by atoms with Gasteiger partial charge in [-0.3, -0.25) is 0 Å². The third-order valence-electron chi connectivity index (χ3n) is 3.37. The molecule has 0 radical (unpaired) electrons. The fraction of sp³-hybridized carbons (Fsp3) is 0.250. The molecule has 0 N–H and O–H groups in total. The summed E-state index contributed by atoms with van der Waals surface area (Å²) < 4.78 is 21.3. The zero-order valence-corrected chi connectivity index (χ0v) is 16.5. The first-order valence-corrected chi connectivity index (χ1v) is 9.03. The van der Waals surface area contributed by atoms with Crippen molar-refractivity contribution in [3.8, 4) is 17.2 Å². The van der Waals surface area contributed by atoms with Crippen LogP contribution in [-0.2, 0) is 9.53 Å². The molecule has 0 aromatic heterocycles. The lowest BCUT2D eigenvalue weighted by molar-refractivity contribution is -0.138. The number of carbonyl (C=O) groups is 1. The van der Waals surface area contributed by atoms with Crippen LogP contribution in [0.4, 0.5) is 0 Å². The van der Waals surface area contributed by atoms with E-state index >= 15 is 0 Å². The molecule has 2 aromatic carbocycles. The molecule has 2 aromatic rings. The van der Waals surface area contributed by atoms with E-state index in [1.807, 2.05) is 19.1 Å². The van der Waals surface area contributed by atoms with Gasteiger partial charge in [0.15, 0.2) is 11.5 Å². The highest BCUT2D eigenvalue weighted by Gasteiger charge is 2.10. The maximum Gasteiger partial charge on any atom is 0.330 e. The third-order valence-corrected chi connectivity index (χ3v) is 3.96. The number of para-hydroxylation sites is 1. The van der Waals surface area contributed by atoms with E-state index in [-0.39, 0.29) is 13.2 Å². The standard InChI is InChI=1S/C20H20Cl2O5/c1-3-25-18-13-14(12-16(22)20(18)24-2)8-9-19(23)27-11-10-26-17-7-5-4-6-15(17)21/h4-9,12-13H,3,10-11H2,1-2H3/b9-8+. The number of benzene rings is 2. The van der Waals surface area contributed by atoms with Gasteiger partial charge in [-0.15, -0.1) is 0 Å². The molecule has 0 aliphatic heterocycles. The Morgan fingerprint density at radius 3 is 2.52 bits per heavy atom. The number of hydrogen-bond donors (Lipinski definition) is 0. The molecule has 0 heterocycles. The van der Waals surface area contributed by atoms with Crippen molar-refractivity contribution in [3.05, 3.63) is 58.1 Å². The Morgan fingerprint density at radius 2 is 1.81 bits per heavy atom. The Morgan fingerprint density at radius 1 is 1.04 bits per heavy atom. The molecular formula is C20H20Cl2O5. The normalized spacial score (nSPS) is 10.7. The van der Waals surface area contributed by atoms with Crippen molar-refractivity contribution in [3.63, 3.8) is 0 Å². The molecule has 0 aliphatic rings. The first kappa shape index (κ1) is 20.9. The molecule has 0 spiro atoms. The molecule has 27 heavy (non-hydrogen) atoms. The summed E-state index contributed by atoms with van der Waals surface area (Å²) in [5, 5.41) is 0.898. The Kier molecular flexibility index (Phi) is 8.30. The number of carbonyl (C=O) groups excluding carboxylic acids is 1. The first-order chi connectivity index (χ1) is 13.0. The van der Waals surface area contributed by atoms with Crippen molar-refractivity contribution in [1.82, 2.24) is 0 Å². The smallest absolute Gasteiger partial charge is 0.330 e. The number of rotatable bonds is 9. The highest BCUT2D eigenvalue weighted by atomic mass is 35.5. The maximum atomic E-state index is 11.8. The summed E-state index contributed by atoms with van der Waals surface area (Å²) in [5.41, 5.74) is 0.688. The SMILES string of the molecule is CCOc1cc(/C=C/C(=O)OCCOc2ccccc2Cl)cc(Cl)c1OC. The third kappa shape index (κ3) is 6.38. The summed E-state index contributed by atoms with van der Waals surface area (Å²) in [6.45, 7) is 2.62. The van der Waals surface area contributed by atoms with E-state index in [0.29, 0.717) is 39.5 Å². The van der Waals surface area contributed by atoms with Crippen LogP contribution in [0.15, 0.2) is 42.5 Å². The van der Waals surface area contributed by atoms with Gasteiger partial charge in [0, 0.05) is 6.08 Å². The van der Waals surface area contributed by atoms with Crippen LogP contribution in [0.5, 0.6) is 17.2 Å². The predicted molar refractivity (Wildman–Crippen MR) is 106 cm³/mol. The van der Waals surface area contributed by atoms with Crippen LogP contribution in [0.25, 0.3) is 6.08 Å². The van der Waals surface area contributed by atoms with Gasteiger partial charge in [0.2, 0.25) is 0 Å². The van der Waals surface area contributed by atoms with Crippen molar-refractivity contribution >= 4 is 35.2 Å². The summed E-state index contributed by atoms with van der Waals surface area (Å²) in [5.74, 6) is 1.01. The minimum atomic E-state index is -0.498. The van der Waals surface area contributed by atoms with Gasteiger partial charge in [-0.25, -0.2) is 4.79 Å². The lowest BCUT2D eigenvalue weighted by atomic mass is 10.2.